The van der Waals surface area contributed by atoms with Crippen molar-refractivity contribution < 1.29 is 0 Å². The van der Waals surface area contributed by atoms with Crippen molar-refractivity contribution >= 4 is 0 Å². The first-order valence-corrected chi connectivity index (χ1v) is 6.99. The normalized spacial score (nSPS) is 17.8. The van der Waals surface area contributed by atoms with E-state index in [-0.39, 0.29) is 0 Å². The number of hydrogen-bond acceptors (Lipinski definition) is 2. The van der Waals surface area contributed by atoms with Gasteiger partial charge in [0.2, 0.25) is 0 Å². The van der Waals surface area contributed by atoms with E-state index in [2.05, 4.69) is 35.1 Å². The van der Waals surface area contributed by atoms with Gasteiger partial charge < -0.3 is 5.32 Å². The smallest absolute Gasteiger partial charge is 0.0534 e. The summed E-state index contributed by atoms with van der Waals surface area (Å²) in [6.45, 7) is 6.50. The van der Waals surface area contributed by atoms with E-state index in [1.54, 1.807) is 0 Å². The lowest BCUT2D eigenvalue weighted by atomic mass is 9.96. The molecule has 0 atom stereocenters. The molecule has 1 aliphatic carbocycles. The molecule has 0 saturated heterocycles. The van der Waals surface area contributed by atoms with Crippen molar-refractivity contribution in [2.24, 2.45) is 5.92 Å². The van der Waals surface area contributed by atoms with Crippen LogP contribution >= 0.6 is 0 Å². The van der Waals surface area contributed by atoms with E-state index in [0.717, 1.165) is 13.1 Å². The topological polar surface area (TPSA) is 29.9 Å². The Hall–Kier alpha value is -0.830. The summed E-state index contributed by atoms with van der Waals surface area (Å²) in [5, 5.41) is 7.98. The van der Waals surface area contributed by atoms with E-state index in [9.17, 15) is 0 Å². The molecule has 0 aliphatic heterocycles. The average molecular weight is 235 g/mol. The predicted octanol–water partition coefficient (Wildman–Crippen LogP) is 3.13. The minimum atomic E-state index is 0.655. The molecule has 1 fully saturated rings. The van der Waals surface area contributed by atoms with Crippen LogP contribution in [-0.4, -0.2) is 16.3 Å². The second-order valence-corrected chi connectivity index (χ2v) is 5.65. The maximum atomic E-state index is 4.51. The molecule has 0 amide bonds. The molecule has 0 aromatic carbocycles. The number of aromatic nitrogens is 2. The highest BCUT2D eigenvalue weighted by Gasteiger charge is 2.15. The molecule has 1 N–H and O–H groups in total. The predicted molar refractivity (Wildman–Crippen MR) is 70.9 cm³/mol. The summed E-state index contributed by atoms with van der Waals surface area (Å²) in [5.41, 5.74) is 1.32. The Labute approximate surface area is 105 Å². The van der Waals surface area contributed by atoms with Gasteiger partial charge in [0.15, 0.2) is 0 Å². The van der Waals surface area contributed by atoms with E-state index in [4.69, 9.17) is 0 Å². The van der Waals surface area contributed by atoms with Gasteiger partial charge in [-0.25, -0.2) is 0 Å². The fraction of sp³-hybridized carbons (Fsp3) is 0.786. The minimum Gasteiger partial charge on any atom is -0.312 e. The lowest BCUT2D eigenvalue weighted by Gasteiger charge is -2.21. The van der Waals surface area contributed by atoms with Crippen LogP contribution in [0.4, 0.5) is 0 Å². The average Bonchev–Trinajstić information content (AvgIpc) is 2.78. The molecule has 17 heavy (non-hydrogen) atoms. The first kappa shape index (κ1) is 12.6. The zero-order valence-electron chi connectivity index (χ0n) is 11.2. The van der Waals surface area contributed by atoms with E-state index in [1.807, 2.05) is 6.20 Å². The van der Waals surface area contributed by atoms with Gasteiger partial charge in [-0.15, -0.1) is 0 Å². The van der Waals surface area contributed by atoms with Gasteiger partial charge in [0.1, 0.15) is 0 Å². The van der Waals surface area contributed by atoms with Gasteiger partial charge >= 0.3 is 0 Å². The molecular formula is C14H25N3. The highest BCUT2D eigenvalue weighted by molar-refractivity contribution is 5.04. The van der Waals surface area contributed by atoms with Crippen LogP contribution in [0.25, 0.3) is 0 Å². The van der Waals surface area contributed by atoms with Crippen molar-refractivity contribution in [1.82, 2.24) is 15.1 Å². The van der Waals surface area contributed by atoms with Gasteiger partial charge in [0, 0.05) is 18.3 Å². The Morgan fingerprint density at radius 3 is 2.82 bits per heavy atom. The standard InChI is InChI=1S/C14H25N3/c1-12(2)8-15-9-13-10-16-17(11-13)14-6-4-3-5-7-14/h10-12,14-15H,3-9H2,1-2H3. The highest BCUT2D eigenvalue weighted by atomic mass is 15.3. The first-order chi connectivity index (χ1) is 8.25. The fourth-order valence-electron chi connectivity index (χ4n) is 2.52. The largest absolute Gasteiger partial charge is 0.312 e. The molecule has 1 aliphatic rings. The SMILES string of the molecule is CC(C)CNCc1cnn(C2CCCCC2)c1. The van der Waals surface area contributed by atoms with Gasteiger partial charge in [-0.3, -0.25) is 4.68 Å². The fourth-order valence-corrected chi connectivity index (χ4v) is 2.52. The molecule has 0 spiro atoms. The van der Waals surface area contributed by atoms with Crippen molar-refractivity contribution in [2.45, 2.75) is 58.5 Å². The molecule has 0 bridgehead atoms. The summed E-state index contributed by atoms with van der Waals surface area (Å²) in [6.07, 6.45) is 11.0. The van der Waals surface area contributed by atoms with Crippen LogP contribution in [0.5, 0.6) is 0 Å². The number of hydrogen-bond donors (Lipinski definition) is 1. The van der Waals surface area contributed by atoms with E-state index in [1.165, 1.54) is 37.7 Å². The lowest BCUT2D eigenvalue weighted by molar-refractivity contribution is 0.329. The Morgan fingerprint density at radius 2 is 2.12 bits per heavy atom. The van der Waals surface area contributed by atoms with Gasteiger partial charge in [0.05, 0.1) is 12.2 Å². The van der Waals surface area contributed by atoms with Gasteiger partial charge in [-0.05, 0) is 25.3 Å². The molecule has 0 radical (unpaired) electrons. The Balaban J connectivity index is 1.82. The highest BCUT2D eigenvalue weighted by Crippen LogP contribution is 2.27. The van der Waals surface area contributed by atoms with Crippen molar-refractivity contribution in [3.8, 4) is 0 Å². The third-order valence-corrected chi connectivity index (χ3v) is 3.49. The van der Waals surface area contributed by atoms with Crippen LogP contribution in [-0.2, 0) is 6.54 Å². The first-order valence-electron chi connectivity index (χ1n) is 6.99. The summed E-state index contributed by atoms with van der Waals surface area (Å²) in [6, 6.07) is 0.655. The summed E-state index contributed by atoms with van der Waals surface area (Å²) >= 11 is 0. The Kier molecular flexibility index (Phi) is 4.60. The van der Waals surface area contributed by atoms with E-state index in [0.29, 0.717) is 12.0 Å². The van der Waals surface area contributed by atoms with Crippen molar-refractivity contribution in [1.29, 1.82) is 0 Å². The Bertz CT molecular complexity index is 324. The van der Waals surface area contributed by atoms with Gasteiger partial charge in [-0.2, -0.15) is 5.10 Å². The number of nitrogens with one attached hydrogen (secondary N) is 1. The molecule has 2 rings (SSSR count). The summed E-state index contributed by atoms with van der Waals surface area (Å²) in [4.78, 5) is 0. The second-order valence-electron chi connectivity index (χ2n) is 5.65. The van der Waals surface area contributed by atoms with Crippen molar-refractivity contribution in [3.63, 3.8) is 0 Å². The van der Waals surface area contributed by atoms with Crippen LogP contribution in [0.2, 0.25) is 0 Å². The summed E-state index contributed by atoms with van der Waals surface area (Å²) in [5.74, 6) is 0.711. The third-order valence-electron chi connectivity index (χ3n) is 3.49. The Morgan fingerprint density at radius 1 is 1.35 bits per heavy atom. The summed E-state index contributed by atoms with van der Waals surface area (Å²) in [7, 11) is 0. The van der Waals surface area contributed by atoms with Crippen molar-refractivity contribution in [3.05, 3.63) is 18.0 Å². The third kappa shape index (κ3) is 3.84. The molecule has 1 saturated carbocycles. The zero-order valence-corrected chi connectivity index (χ0v) is 11.2. The number of nitrogens with zero attached hydrogens (tertiary/aromatic N) is 2. The molecule has 1 aromatic rings. The number of rotatable bonds is 5. The van der Waals surface area contributed by atoms with Gasteiger partial charge in [0.25, 0.3) is 0 Å². The van der Waals surface area contributed by atoms with Crippen LogP contribution in [0.15, 0.2) is 12.4 Å². The molecule has 1 aromatic heterocycles. The summed E-state index contributed by atoms with van der Waals surface area (Å²) < 4.78 is 2.19. The van der Waals surface area contributed by atoms with E-state index >= 15 is 0 Å². The van der Waals surface area contributed by atoms with Gasteiger partial charge in [-0.1, -0.05) is 33.1 Å². The molecule has 96 valence electrons. The minimum absolute atomic E-state index is 0.655. The maximum Gasteiger partial charge on any atom is 0.0534 e. The van der Waals surface area contributed by atoms with Crippen LogP contribution in [0.1, 0.15) is 57.6 Å². The molecule has 1 heterocycles. The molecular weight excluding hydrogens is 210 g/mol. The zero-order chi connectivity index (χ0) is 12.1. The quantitative estimate of drug-likeness (QED) is 0.849. The van der Waals surface area contributed by atoms with Crippen LogP contribution in [0.3, 0.4) is 0 Å². The molecule has 3 heteroatoms. The van der Waals surface area contributed by atoms with Crippen LogP contribution < -0.4 is 5.32 Å². The lowest BCUT2D eigenvalue weighted by Crippen LogP contribution is -2.18. The van der Waals surface area contributed by atoms with Crippen molar-refractivity contribution in [2.75, 3.05) is 6.54 Å². The molecule has 3 nitrogen and oxygen atoms in total. The molecule has 0 unspecified atom stereocenters. The second kappa shape index (κ2) is 6.20. The maximum absolute atomic E-state index is 4.51. The van der Waals surface area contributed by atoms with Crippen LogP contribution in [0, 0.1) is 5.92 Å². The monoisotopic (exact) mass is 235 g/mol. The van der Waals surface area contributed by atoms with E-state index < -0.39 is 0 Å².